The molecular weight excluding hydrogens is 338 g/mol. The molecular formula is C21H27N5O. The van der Waals surface area contributed by atoms with Crippen LogP contribution in [0.2, 0.25) is 0 Å². The molecule has 0 aliphatic carbocycles. The van der Waals surface area contributed by atoms with E-state index >= 15 is 0 Å². The van der Waals surface area contributed by atoms with Crippen molar-refractivity contribution in [2.45, 2.75) is 6.04 Å². The highest BCUT2D eigenvalue weighted by atomic mass is 16.1. The summed E-state index contributed by atoms with van der Waals surface area (Å²) in [7, 11) is 0. The highest BCUT2D eigenvalue weighted by molar-refractivity contribution is 6.10. The first-order chi connectivity index (χ1) is 13.2. The largest absolute Gasteiger partial charge is 0.383 e. The molecule has 1 fully saturated rings. The minimum absolute atomic E-state index is 0. The van der Waals surface area contributed by atoms with E-state index in [1.807, 2.05) is 30.3 Å². The Bertz CT molecular complexity index is 958. The van der Waals surface area contributed by atoms with E-state index in [9.17, 15) is 4.79 Å². The van der Waals surface area contributed by atoms with Gasteiger partial charge >= 0.3 is 0 Å². The third-order valence-corrected chi connectivity index (χ3v) is 4.75. The third-order valence-electron chi connectivity index (χ3n) is 4.75. The fourth-order valence-corrected chi connectivity index (χ4v) is 3.34. The summed E-state index contributed by atoms with van der Waals surface area (Å²) in [5.41, 5.74) is 7.85. The van der Waals surface area contributed by atoms with Crippen molar-refractivity contribution in [3.8, 4) is 0 Å². The number of nitrogens with zero attached hydrogens (tertiary/aromatic N) is 3. The molecule has 3 aromatic rings. The van der Waals surface area contributed by atoms with Gasteiger partial charge in [-0.2, -0.15) is 0 Å². The molecule has 4 rings (SSSR count). The second kappa shape index (κ2) is 7.55. The Morgan fingerprint density at radius 3 is 2.78 bits per heavy atom. The second-order valence-electron chi connectivity index (χ2n) is 6.51. The van der Waals surface area contributed by atoms with Crippen LogP contribution in [0.1, 0.15) is 31.9 Å². The molecule has 0 spiro atoms. The van der Waals surface area contributed by atoms with E-state index < -0.39 is 0 Å². The molecule has 142 valence electrons. The quantitative estimate of drug-likeness (QED) is 0.691. The number of hydrogen-bond donors (Lipinski definition) is 2. The highest BCUT2D eigenvalue weighted by Gasteiger charge is 2.22. The van der Waals surface area contributed by atoms with Crippen LogP contribution in [0.25, 0.3) is 0 Å². The van der Waals surface area contributed by atoms with Crippen molar-refractivity contribution in [3.63, 3.8) is 0 Å². The summed E-state index contributed by atoms with van der Waals surface area (Å²) in [5.74, 6) is 0.809. The number of nitrogens with one attached hydrogen (secondary N) is 1. The van der Waals surface area contributed by atoms with Gasteiger partial charge in [-0.3, -0.25) is 4.79 Å². The lowest BCUT2D eigenvalue weighted by Crippen LogP contribution is -2.46. The van der Waals surface area contributed by atoms with E-state index in [1.54, 1.807) is 24.4 Å². The number of anilines is 2. The lowest BCUT2D eigenvalue weighted by Gasteiger charge is -2.35. The maximum atomic E-state index is 12.8. The Hall–Kier alpha value is -3.25. The van der Waals surface area contributed by atoms with Gasteiger partial charge in [-0.1, -0.05) is 36.4 Å². The molecule has 27 heavy (non-hydrogen) atoms. The predicted octanol–water partition coefficient (Wildman–Crippen LogP) is 3.18. The fraction of sp³-hybridized carbons (Fsp3) is 0.190. The second-order valence-corrected chi connectivity index (χ2v) is 6.51. The number of ketones is 1. The van der Waals surface area contributed by atoms with Gasteiger partial charge in [-0.15, -0.1) is 0 Å². The number of carbonyl (C=O) groups is 1. The van der Waals surface area contributed by atoms with Gasteiger partial charge in [0, 0.05) is 36.2 Å². The summed E-state index contributed by atoms with van der Waals surface area (Å²) >= 11 is 0. The molecule has 1 aromatic carbocycles. The van der Waals surface area contributed by atoms with Gasteiger partial charge in [0.1, 0.15) is 17.3 Å². The van der Waals surface area contributed by atoms with E-state index in [2.05, 4.69) is 32.3 Å². The standard InChI is InChI=1S/C21H21N5O.3H2/c22-21-16(8-5-11-24-21)20(27)17-9-4-10-19(25-17)26-13-12-23-18(14-26)15-6-2-1-3-7-15;;;/h1-11,18,23H,12-14H2,(H2,22,24);3*1H. The van der Waals surface area contributed by atoms with Gasteiger partial charge in [0.25, 0.3) is 0 Å². The Morgan fingerprint density at radius 2 is 1.96 bits per heavy atom. The summed E-state index contributed by atoms with van der Waals surface area (Å²) in [4.78, 5) is 23.6. The van der Waals surface area contributed by atoms with Crippen LogP contribution in [-0.4, -0.2) is 35.4 Å². The van der Waals surface area contributed by atoms with Gasteiger partial charge < -0.3 is 16.0 Å². The lowest BCUT2D eigenvalue weighted by atomic mass is 10.0. The molecule has 1 aliphatic rings. The normalized spacial score (nSPS) is 16.9. The molecule has 3 heterocycles. The zero-order valence-electron chi connectivity index (χ0n) is 14.9. The minimum Gasteiger partial charge on any atom is -0.383 e. The van der Waals surface area contributed by atoms with Crippen molar-refractivity contribution >= 4 is 17.4 Å². The van der Waals surface area contributed by atoms with Crippen LogP contribution < -0.4 is 16.0 Å². The summed E-state index contributed by atoms with van der Waals surface area (Å²) in [5, 5.41) is 3.54. The topological polar surface area (TPSA) is 84.1 Å². The number of pyridine rings is 2. The van der Waals surface area contributed by atoms with E-state index in [4.69, 9.17) is 5.73 Å². The summed E-state index contributed by atoms with van der Waals surface area (Å²) in [6.07, 6.45) is 1.57. The van der Waals surface area contributed by atoms with Gasteiger partial charge in [0.2, 0.25) is 5.78 Å². The molecule has 6 nitrogen and oxygen atoms in total. The van der Waals surface area contributed by atoms with Crippen LogP contribution in [0.5, 0.6) is 0 Å². The van der Waals surface area contributed by atoms with Crippen LogP contribution in [0.15, 0.2) is 66.9 Å². The van der Waals surface area contributed by atoms with Crippen molar-refractivity contribution in [2.24, 2.45) is 0 Å². The van der Waals surface area contributed by atoms with E-state index in [1.165, 1.54) is 5.56 Å². The molecule has 6 heteroatoms. The Kier molecular flexibility index (Phi) is 4.80. The molecule has 0 saturated carbocycles. The van der Waals surface area contributed by atoms with Gasteiger partial charge in [0.05, 0.1) is 5.56 Å². The van der Waals surface area contributed by atoms with Gasteiger partial charge in [0.15, 0.2) is 0 Å². The number of piperazine rings is 1. The lowest BCUT2D eigenvalue weighted by molar-refractivity contribution is 0.103. The maximum Gasteiger partial charge on any atom is 0.215 e. The average Bonchev–Trinajstić information content (AvgIpc) is 2.74. The summed E-state index contributed by atoms with van der Waals surface area (Å²) in [6, 6.07) is 19.5. The van der Waals surface area contributed by atoms with E-state index in [0.29, 0.717) is 11.3 Å². The number of hydrogen-bond acceptors (Lipinski definition) is 6. The first kappa shape index (κ1) is 17.2. The van der Waals surface area contributed by atoms with Crippen LogP contribution in [-0.2, 0) is 0 Å². The monoisotopic (exact) mass is 365 g/mol. The molecule has 1 aliphatic heterocycles. The maximum absolute atomic E-state index is 12.8. The van der Waals surface area contributed by atoms with Crippen molar-refractivity contribution < 1.29 is 9.07 Å². The summed E-state index contributed by atoms with van der Waals surface area (Å²) < 4.78 is 0. The molecule has 0 amide bonds. The van der Waals surface area contributed by atoms with Crippen molar-refractivity contribution in [1.82, 2.24) is 15.3 Å². The number of nitrogen functional groups attached to an aromatic ring is 1. The van der Waals surface area contributed by atoms with E-state index in [-0.39, 0.29) is 21.9 Å². The van der Waals surface area contributed by atoms with Crippen LogP contribution in [0.4, 0.5) is 11.6 Å². The van der Waals surface area contributed by atoms with Gasteiger partial charge in [-0.05, 0) is 29.8 Å². The molecule has 0 bridgehead atoms. The van der Waals surface area contributed by atoms with Crippen molar-refractivity contribution in [3.05, 3.63) is 83.7 Å². The molecule has 1 unspecified atom stereocenters. The zero-order valence-corrected chi connectivity index (χ0v) is 14.9. The molecule has 1 saturated heterocycles. The van der Waals surface area contributed by atoms with Crippen LogP contribution in [0, 0.1) is 0 Å². The molecule has 2 aromatic heterocycles. The smallest absolute Gasteiger partial charge is 0.215 e. The number of carbonyl (C=O) groups excluding carboxylic acids is 1. The first-order valence-electron chi connectivity index (χ1n) is 8.98. The van der Waals surface area contributed by atoms with Crippen molar-refractivity contribution in [2.75, 3.05) is 30.3 Å². The van der Waals surface area contributed by atoms with Gasteiger partial charge in [-0.25, -0.2) is 9.97 Å². The minimum atomic E-state index is -0.211. The average molecular weight is 365 g/mol. The fourth-order valence-electron chi connectivity index (χ4n) is 3.34. The number of aromatic nitrogens is 2. The zero-order chi connectivity index (χ0) is 18.6. The predicted molar refractivity (Wildman–Crippen MR) is 112 cm³/mol. The molecule has 3 N–H and O–H groups in total. The number of nitrogens with two attached hydrogens (primary N) is 1. The van der Waals surface area contributed by atoms with E-state index in [0.717, 1.165) is 25.5 Å². The number of benzene rings is 1. The van der Waals surface area contributed by atoms with Crippen LogP contribution in [0.3, 0.4) is 0 Å². The van der Waals surface area contributed by atoms with Crippen molar-refractivity contribution in [1.29, 1.82) is 0 Å². The number of rotatable bonds is 4. The first-order valence-corrected chi connectivity index (χ1v) is 8.98. The third kappa shape index (κ3) is 3.66. The Balaban J connectivity index is 0.00000150. The molecule has 1 atom stereocenters. The Morgan fingerprint density at radius 1 is 1.11 bits per heavy atom. The Labute approximate surface area is 162 Å². The SMILES string of the molecule is Nc1ncccc1C(=O)c1cccc(N2CCNC(c3ccccc3)C2)n1.[HH].[HH].[HH]. The highest BCUT2D eigenvalue weighted by Crippen LogP contribution is 2.22. The summed E-state index contributed by atoms with van der Waals surface area (Å²) in [6.45, 7) is 2.49. The molecule has 0 radical (unpaired) electrons. The van der Waals surface area contributed by atoms with Crippen LogP contribution >= 0.6 is 0 Å².